The first kappa shape index (κ1) is 76.6. The number of aryl methyl sites for hydroxylation is 2. The maximum absolute atomic E-state index is 14.4. The smallest absolute Gasteiger partial charge is 0.225 e. The average Bonchev–Trinajstić information content (AvgIpc) is 1.26. The first-order valence-electron chi connectivity index (χ1n) is 38.0. The van der Waals surface area contributed by atoms with E-state index in [0.29, 0.717) is 18.4 Å². The lowest BCUT2D eigenvalue weighted by Gasteiger charge is -2.53. The summed E-state index contributed by atoms with van der Waals surface area (Å²) in [5, 5.41) is 0. The number of hydrogen-bond acceptors (Lipinski definition) is 12. The predicted octanol–water partition coefficient (Wildman–Crippen LogP) is 21.7. The zero-order valence-electron chi connectivity index (χ0n) is 62.2. The van der Waals surface area contributed by atoms with Gasteiger partial charge in [0.05, 0.1) is 59.5 Å². The summed E-state index contributed by atoms with van der Waals surface area (Å²) in [5.74, 6) is -2.44. The Morgan fingerprint density at radius 1 is 0.342 bits per heavy atom. The van der Waals surface area contributed by atoms with E-state index in [1.54, 1.807) is 22.7 Å². The van der Waals surface area contributed by atoms with Crippen LogP contribution in [0.15, 0.2) is 322 Å². The van der Waals surface area contributed by atoms with Gasteiger partial charge in [-0.05, 0) is 146 Å². The van der Waals surface area contributed by atoms with E-state index in [0.717, 1.165) is 97.4 Å². The fraction of sp³-hybridized carbons (Fsp3) is 0.237. The molecule has 0 radical (unpaired) electrons. The van der Waals surface area contributed by atoms with Gasteiger partial charge in [-0.15, -0.1) is 22.7 Å². The minimum atomic E-state index is -1.88. The first-order chi connectivity index (χ1) is 54.6. The van der Waals surface area contributed by atoms with Crippen molar-refractivity contribution in [2.24, 2.45) is 0 Å². The molecule has 10 nitrogen and oxygen atoms in total. The van der Waals surface area contributed by atoms with Crippen molar-refractivity contribution in [3.63, 3.8) is 0 Å². The van der Waals surface area contributed by atoms with Crippen molar-refractivity contribution in [1.82, 2.24) is 0 Å². The number of rotatable bonds is 33. The Bertz CT molecular complexity index is 5000. The van der Waals surface area contributed by atoms with Crippen LogP contribution in [-0.4, -0.2) is 62.0 Å². The molecule has 2 saturated heterocycles. The molecule has 0 spiro atoms. The zero-order chi connectivity index (χ0) is 75.6. The molecule has 0 aliphatic carbocycles. The molecule has 11 aromatic carbocycles. The topological polar surface area (TPSA) is 92.3 Å². The standard InChI is InChI=1S/C97H90F2O10S2/c1-67-38-40-78(54-79(67)56-84-50-52-88(110-84)76-41-46-82(98)47-42-76)90-93(103-61-72-30-16-6-17-31-72)94(104-62-73-32-18-7-19-33-73)91(101-59-70-26-12-4-13-27-70)86(108-90)66-107-97(81-45-39-68(2)80(55-81)57-85-51-53-89(111-85)77-43-48-83(99)49-44-77)96(106-64-75-36-22-9-23-37-75)95(105-63-74-34-20-8-21-35-74)92(102-60-71-28-14-5-15-29-71)87(109-97)65-100-58-69-24-10-3-11-25-69/h3-55,86-87,90-96H,56-66H2,1-2H3/t86-,87-,90+,91-,92-,93+,94+,95+,96-,97+/m1/s1. The quantitative estimate of drug-likeness (QED) is 0.0396. The summed E-state index contributed by atoms with van der Waals surface area (Å²) in [6.07, 6.45) is -6.78. The van der Waals surface area contributed by atoms with Crippen molar-refractivity contribution in [3.8, 4) is 20.9 Å². The number of thiophene rings is 2. The van der Waals surface area contributed by atoms with E-state index in [1.165, 1.54) is 24.3 Å². The van der Waals surface area contributed by atoms with Gasteiger partial charge in [-0.2, -0.15) is 0 Å². The van der Waals surface area contributed by atoms with Crippen LogP contribution in [0.2, 0.25) is 0 Å². The summed E-state index contributed by atoms with van der Waals surface area (Å²) in [5.41, 5.74) is 14.4. The number of benzene rings is 11. The second-order valence-electron chi connectivity index (χ2n) is 28.5. The number of ether oxygens (including phenoxy) is 10. The highest BCUT2D eigenvalue weighted by molar-refractivity contribution is 7.15. The largest absolute Gasteiger partial charge is 0.374 e. The average molecular weight is 1520 g/mol. The third kappa shape index (κ3) is 19.8. The van der Waals surface area contributed by atoms with Gasteiger partial charge in [-0.25, -0.2) is 8.78 Å². The van der Waals surface area contributed by atoms with Gasteiger partial charge >= 0.3 is 0 Å². The van der Waals surface area contributed by atoms with E-state index in [2.05, 4.69) is 159 Å². The molecule has 13 aromatic rings. The molecular weight excluding hydrogens is 1430 g/mol. The van der Waals surface area contributed by atoms with Gasteiger partial charge in [0.2, 0.25) is 5.79 Å². The van der Waals surface area contributed by atoms with E-state index in [-0.39, 0.29) is 71.1 Å². The second kappa shape index (κ2) is 37.5. The minimum absolute atomic E-state index is 0.0472. The van der Waals surface area contributed by atoms with Gasteiger partial charge in [0.15, 0.2) is 0 Å². The summed E-state index contributed by atoms with van der Waals surface area (Å²) in [6.45, 7) is 5.60. The molecule has 2 aliphatic rings. The van der Waals surface area contributed by atoms with E-state index >= 15 is 0 Å². The van der Waals surface area contributed by atoms with Crippen LogP contribution in [-0.2, 0) is 112 Å². The molecule has 111 heavy (non-hydrogen) atoms. The van der Waals surface area contributed by atoms with Crippen LogP contribution >= 0.6 is 22.7 Å². The van der Waals surface area contributed by atoms with Gasteiger partial charge in [-0.1, -0.05) is 267 Å². The summed E-state index contributed by atoms with van der Waals surface area (Å²) in [4.78, 5) is 4.33. The highest BCUT2D eigenvalue weighted by atomic mass is 32.1. The van der Waals surface area contributed by atoms with Crippen LogP contribution in [0.25, 0.3) is 20.9 Å². The lowest BCUT2D eigenvalue weighted by molar-refractivity contribution is -0.399. The molecule has 564 valence electrons. The molecule has 0 saturated carbocycles. The normalized spacial score (nSPS) is 20.5. The van der Waals surface area contributed by atoms with Crippen LogP contribution in [0.4, 0.5) is 8.78 Å². The Kier molecular flexibility index (Phi) is 25.9. The lowest BCUT2D eigenvalue weighted by Crippen LogP contribution is -2.67. The molecule has 0 N–H and O–H groups in total. The minimum Gasteiger partial charge on any atom is -0.374 e. The molecule has 10 atom stereocenters. The van der Waals surface area contributed by atoms with Crippen LogP contribution < -0.4 is 0 Å². The maximum Gasteiger partial charge on any atom is 0.225 e. The fourth-order valence-corrected chi connectivity index (χ4v) is 16.7. The molecule has 2 aliphatic heterocycles. The number of hydrogen-bond donors (Lipinski definition) is 0. The Labute approximate surface area is 657 Å². The van der Waals surface area contributed by atoms with Crippen molar-refractivity contribution in [1.29, 1.82) is 0 Å². The molecule has 2 aromatic heterocycles. The van der Waals surface area contributed by atoms with Gasteiger partial charge in [0.1, 0.15) is 66.6 Å². The zero-order valence-corrected chi connectivity index (χ0v) is 63.9. The Morgan fingerprint density at radius 2 is 0.721 bits per heavy atom. The molecule has 14 heteroatoms. The Morgan fingerprint density at radius 3 is 1.17 bits per heavy atom. The van der Waals surface area contributed by atoms with Crippen LogP contribution in [0.5, 0.6) is 0 Å². The first-order valence-corrected chi connectivity index (χ1v) is 39.6. The lowest BCUT2D eigenvalue weighted by atomic mass is 9.85. The molecular formula is C97H90F2O10S2. The van der Waals surface area contributed by atoms with Crippen molar-refractivity contribution in [2.75, 3.05) is 13.2 Å². The van der Waals surface area contributed by atoms with Crippen LogP contribution in [0, 0.1) is 25.5 Å². The second-order valence-corrected chi connectivity index (χ2v) is 30.8. The van der Waals surface area contributed by atoms with Gasteiger partial charge < -0.3 is 47.4 Å². The fourth-order valence-electron chi connectivity index (χ4n) is 14.7. The predicted molar refractivity (Wildman–Crippen MR) is 434 cm³/mol. The summed E-state index contributed by atoms with van der Waals surface area (Å²) in [6, 6.07) is 106. The summed E-state index contributed by atoms with van der Waals surface area (Å²) in [7, 11) is 0. The number of halogens is 2. The SMILES string of the molecule is Cc1ccc([C@@H]2O[C@H](CO[C@@]3(c4ccc(C)c(Cc5ccc(-c6ccc(F)cc6)s5)c4)O[C@H](COCc4ccccc4)[C@@H](OCc4ccccc4)[C@H](OCc4ccccc4)[C@H]3OCc3ccccc3)[C@@H](OCc3ccccc3)[C@H](OCc3ccccc3)[C@H]2OCc2ccccc2)cc1Cc1ccc(-c2ccc(F)cc2)s1. The third-order valence-electron chi connectivity index (χ3n) is 20.6. The highest BCUT2D eigenvalue weighted by Crippen LogP contribution is 2.48. The molecule has 15 rings (SSSR count). The van der Waals surface area contributed by atoms with E-state index < -0.39 is 60.7 Å². The molecule has 0 amide bonds. The molecule has 4 heterocycles. The third-order valence-corrected chi connectivity index (χ3v) is 22.9. The summed E-state index contributed by atoms with van der Waals surface area (Å²) >= 11 is 3.36. The van der Waals surface area contributed by atoms with Crippen molar-refractivity contribution in [2.45, 2.75) is 134 Å². The summed E-state index contributed by atoms with van der Waals surface area (Å²) < 4.78 is 105. The van der Waals surface area contributed by atoms with E-state index in [9.17, 15) is 8.78 Å². The van der Waals surface area contributed by atoms with Gasteiger partial charge in [-0.3, -0.25) is 0 Å². The van der Waals surface area contributed by atoms with Crippen LogP contribution in [0.1, 0.15) is 88.2 Å². The molecule has 2 fully saturated rings. The van der Waals surface area contributed by atoms with Crippen LogP contribution in [0.3, 0.4) is 0 Å². The Balaban J connectivity index is 0.901. The van der Waals surface area contributed by atoms with Crippen molar-refractivity contribution >= 4 is 22.7 Å². The Hall–Kier alpha value is -9.72. The molecule has 0 bridgehead atoms. The highest BCUT2D eigenvalue weighted by Gasteiger charge is 2.60. The monoisotopic (exact) mass is 1520 g/mol. The van der Waals surface area contributed by atoms with Crippen molar-refractivity contribution in [3.05, 3.63) is 415 Å². The van der Waals surface area contributed by atoms with Gasteiger partial charge in [0.25, 0.3) is 0 Å². The molecule has 0 unspecified atom stereocenters. The van der Waals surface area contributed by atoms with Crippen molar-refractivity contribution < 1.29 is 56.1 Å². The van der Waals surface area contributed by atoms with E-state index in [4.69, 9.17) is 47.4 Å². The van der Waals surface area contributed by atoms with E-state index in [1.807, 2.05) is 152 Å². The van der Waals surface area contributed by atoms with Gasteiger partial charge in [0, 0.05) is 37.9 Å². The maximum atomic E-state index is 14.4.